The summed E-state index contributed by atoms with van der Waals surface area (Å²) in [6.45, 7) is 4.26. The zero-order valence-corrected chi connectivity index (χ0v) is 11.9. The lowest BCUT2D eigenvalue weighted by Gasteiger charge is -2.38. The second-order valence-corrected chi connectivity index (χ2v) is 6.56. The van der Waals surface area contributed by atoms with Crippen molar-refractivity contribution in [2.24, 2.45) is 0 Å². The molecule has 2 fully saturated rings. The van der Waals surface area contributed by atoms with E-state index in [1.807, 2.05) is 6.92 Å². The van der Waals surface area contributed by atoms with Crippen molar-refractivity contribution in [2.45, 2.75) is 63.8 Å². The average molecular weight is 275 g/mol. The standard InChI is InChI=1S/C15H21N3O2/c1-10-16-13-9-18(8-12(13)14(19)17-10)7-11-3-6-15(20-11)4-2-5-15/h11H,2-9H2,1H3,(H,16,17,19). The first-order valence-electron chi connectivity index (χ1n) is 7.62. The number of ether oxygens (including phenoxy) is 1. The Hall–Kier alpha value is -1.20. The minimum absolute atomic E-state index is 0.0257. The molecule has 20 heavy (non-hydrogen) atoms. The topological polar surface area (TPSA) is 58.2 Å². The van der Waals surface area contributed by atoms with E-state index in [4.69, 9.17) is 4.74 Å². The Kier molecular flexibility index (Phi) is 2.76. The third-order valence-corrected chi connectivity index (χ3v) is 5.04. The summed E-state index contributed by atoms with van der Waals surface area (Å²) in [7, 11) is 0. The van der Waals surface area contributed by atoms with E-state index in [0.29, 0.717) is 18.5 Å². The molecule has 1 aromatic rings. The van der Waals surface area contributed by atoms with Crippen LogP contribution in [-0.4, -0.2) is 33.1 Å². The molecule has 1 N–H and O–H groups in total. The summed E-state index contributed by atoms with van der Waals surface area (Å²) >= 11 is 0. The lowest BCUT2D eigenvalue weighted by molar-refractivity contribution is -0.0976. The molecule has 1 saturated heterocycles. The van der Waals surface area contributed by atoms with Crippen LogP contribution in [0.4, 0.5) is 0 Å². The Balaban J connectivity index is 1.43. The molecule has 5 heteroatoms. The molecular weight excluding hydrogens is 254 g/mol. The lowest BCUT2D eigenvalue weighted by Crippen LogP contribution is -2.38. The first-order valence-corrected chi connectivity index (χ1v) is 7.62. The summed E-state index contributed by atoms with van der Waals surface area (Å²) in [6, 6.07) is 0. The highest BCUT2D eigenvalue weighted by atomic mass is 16.5. The van der Waals surface area contributed by atoms with E-state index in [-0.39, 0.29) is 11.2 Å². The van der Waals surface area contributed by atoms with Crippen molar-refractivity contribution in [3.05, 3.63) is 27.4 Å². The predicted molar refractivity (Wildman–Crippen MR) is 74.4 cm³/mol. The number of aromatic nitrogens is 2. The van der Waals surface area contributed by atoms with E-state index >= 15 is 0 Å². The fourth-order valence-electron chi connectivity index (χ4n) is 3.83. The van der Waals surface area contributed by atoms with Gasteiger partial charge in [-0.25, -0.2) is 4.98 Å². The zero-order valence-electron chi connectivity index (χ0n) is 11.9. The first kappa shape index (κ1) is 12.5. The zero-order chi connectivity index (χ0) is 13.7. The average Bonchev–Trinajstić information content (AvgIpc) is 2.93. The summed E-state index contributed by atoms with van der Waals surface area (Å²) in [5, 5.41) is 0. The van der Waals surface area contributed by atoms with E-state index in [2.05, 4.69) is 14.9 Å². The Morgan fingerprint density at radius 3 is 2.95 bits per heavy atom. The van der Waals surface area contributed by atoms with E-state index in [1.165, 1.54) is 25.7 Å². The summed E-state index contributed by atoms with van der Waals surface area (Å²) in [5.74, 6) is 0.709. The minimum atomic E-state index is 0.0257. The van der Waals surface area contributed by atoms with Gasteiger partial charge in [0, 0.05) is 19.6 Å². The maximum absolute atomic E-state index is 11.9. The van der Waals surface area contributed by atoms with Gasteiger partial charge in [0.1, 0.15) is 5.82 Å². The smallest absolute Gasteiger partial charge is 0.255 e. The predicted octanol–water partition coefficient (Wildman–Crippen LogP) is 1.50. The Morgan fingerprint density at radius 1 is 1.40 bits per heavy atom. The van der Waals surface area contributed by atoms with E-state index in [1.54, 1.807) is 0 Å². The van der Waals surface area contributed by atoms with Gasteiger partial charge in [0.15, 0.2) is 0 Å². The van der Waals surface area contributed by atoms with Crippen molar-refractivity contribution in [2.75, 3.05) is 6.54 Å². The molecule has 1 spiro atoms. The van der Waals surface area contributed by atoms with Gasteiger partial charge in [0.2, 0.25) is 0 Å². The normalized spacial score (nSPS) is 27.8. The Bertz CT molecular complexity index is 591. The number of fused-ring (bicyclic) bond motifs is 1. The number of hydrogen-bond acceptors (Lipinski definition) is 4. The number of nitrogens with zero attached hydrogens (tertiary/aromatic N) is 2. The molecule has 4 rings (SSSR count). The largest absolute Gasteiger partial charge is 0.370 e. The lowest BCUT2D eigenvalue weighted by atomic mass is 9.78. The van der Waals surface area contributed by atoms with Crippen molar-refractivity contribution in [1.82, 2.24) is 14.9 Å². The SMILES string of the molecule is Cc1nc2c(c(=O)[nH]1)CN(CC1CCC3(CCC3)O1)C2. The summed E-state index contributed by atoms with van der Waals surface area (Å²) in [4.78, 5) is 21.5. The van der Waals surface area contributed by atoms with Gasteiger partial charge in [-0.3, -0.25) is 9.69 Å². The Morgan fingerprint density at radius 2 is 2.25 bits per heavy atom. The molecule has 0 bridgehead atoms. The molecule has 3 heterocycles. The van der Waals surface area contributed by atoms with Gasteiger partial charge in [0.25, 0.3) is 5.56 Å². The van der Waals surface area contributed by atoms with Crippen LogP contribution in [0.5, 0.6) is 0 Å². The van der Waals surface area contributed by atoms with Gasteiger partial charge in [0.05, 0.1) is 23.0 Å². The molecule has 0 amide bonds. The molecule has 3 aliphatic rings. The van der Waals surface area contributed by atoms with E-state index < -0.39 is 0 Å². The highest BCUT2D eigenvalue weighted by Crippen LogP contribution is 2.45. The molecule has 5 nitrogen and oxygen atoms in total. The molecule has 0 radical (unpaired) electrons. The maximum Gasteiger partial charge on any atom is 0.255 e. The highest BCUT2D eigenvalue weighted by Gasteiger charge is 2.45. The monoisotopic (exact) mass is 275 g/mol. The van der Waals surface area contributed by atoms with Crippen molar-refractivity contribution < 1.29 is 4.74 Å². The van der Waals surface area contributed by atoms with Crippen LogP contribution in [0, 0.1) is 6.92 Å². The number of H-pyrrole nitrogens is 1. The molecule has 1 aromatic heterocycles. The maximum atomic E-state index is 11.9. The van der Waals surface area contributed by atoms with Crippen LogP contribution in [0.15, 0.2) is 4.79 Å². The summed E-state index contributed by atoms with van der Waals surface area (Å²) in [6.07, 6.45) is 6.52. The number of rotatable bonds is 2. The molecule has 2 aliphatic heterocycles. The third kappa shape index (κ3) is 2.00. The van der Waals surface area contributed by atoms with Crippen LogP contribution in [0.1, 0.15) is 49.2 Å². The second kappa shape index (κ2) is 4.40. The first-order chi connectivity index (χ1) is 9.63. The molecule has 108 valence electrons. The van der Waals surface area contributed by atoms with Crippen LogP contribution in [-0.2, 0) is 17.8 Å². The van der Waals surface area contributed by atoms with Crippen LogP contribution in [0.3, 0.4) is 0 Å². The van der Waals surface area contributed by atoms with Crippen molar-refractivity contribution in [1.29, 1.82) is 0 Å². The van der Waals surface area contributed by atoms with Crippen LogP contribution >= 0.6 is 0 Å². The third-order valence-electron chi connectivity index (χ3n) is 5.04. The van der Waals surface area contributed by atoms with Gasteiger partial charge in [-0.15, -0.1) is 0 Å². The van der Waals surface area contributed by atoms with Crippen LogP contribution in [0.25, 0.3) is 0 Å². The van der Waals surface area contributed by atoms with Crippen molar-refractivity contribution >= 4 is 0 Å². The summed E-state index contributed by atoms with van der Waals surface area (Å²) in [5.41, 5.74) is 2.04. The minimum Gasteiger partial charge on any atom is -0.370 e. The highest BCUT2D eigenvalue weighted by molar-refractivity contribution is 5.22. The van der Waals surface area contributed by atoms with Crippen LogP contribution < -0.4 is 5.56 Å². The van der Waals surface area contributed by atoms with E-state index in [0.717, 1.165) is 30.8 Å². The quantitative estimate of drug-likeness (QED) is 0.888. The van der Waals surface area contributed by atoms with Gasteiger partial charge in [-0.05, 0) is 39.0 Å². The van der Waals surface area contributed by atoms with Crippen LogP contribution in [0.2, 0.25) is 0 Å². The van der Waals surface area contributed by atoms with Gasteiger partial charge in [-0.2, -0.15) is 0 Å². The molecular formula is C15H21N3O2. The number of aryl methyl sites for hydroxylation is 1. The summed E-state index contributed by atoms with van der Waals surface area (Å²) < 4.78 is 6.25. The van der Waals surface area contributed by atoms with Gasteiger partial charge < -0.3 is 9.72 Å². The van der Waals surface area contributed by atoms with Crippen molar-refractivity contribution in [3.8, 4) is 0 Å². The fraction of sp³-hybridized carbons (Fsp3) is 0.733. The number of hydrogen-bond donors (Lipinski definition) is 1. The molecule has 0 aromatic carbocycles. The molecule has 1 atom stereocenters. The second-order valence-electron chi connectivity index (χ2n) is 6.56. The number of aromatic amines is 1. The molecule has 1 saturated carbocycles. The van der Waals surface area contributed by atoms with Gasteiger partial charge in [-0.1, -0.05) is 0 Å². The Labute approximate surface area is 118 Å². The van der Waals surface area contributed by atoms with Crippen molar-refractivity contribution in [3.63, 3.8) is 0 Å². The fourth-order valence-corrected chi connectivity index (χ4v) is 3.83. The van der Waals surface area contributed by atoms with E-state index in [9.17, 15) is 4.79 Å². The number of nitrogens with one attached hydrogen (secondary N) is 1. The van der Waals surface area contributed by atoms with Gasteiger partial charge >= 0.3 is 0 Å². The molecule has 1 unspecified atom stereocenters. The molecule has 1 aliphatic carbocycles.